The summed E-state index contributed by atoms with van der Waals surface area (Å²) >= 11 is 3.36. The Morgan fingerprint density at radius 2 is 2.09 bits per heavy atom. The largest absolute Gasteiger partial charge is 0.375 e. The highest BCUT2D eigenvalue weighted by Crippen LogP contribution is 2.20. The van der Waals surface area contributed by atoms with E-state index in [2.05, 4.69) is 26.6 Å². The second-order valence-corrected chi connectivity index (χ2v) is 5.55. The van der Waals surface area contributed by atoms with Crippen LogP contribution in [-0.2, 0) is 4.79 Å². The fraction of sp³-hybridized carbons (Fsp3) is 0.125. The van der Waals surface area contributed by atoms with Crippen LogP contribution < -0.4 is 10.6 Å². The topological polar surface area (TPSA) is 64.9 Å². The van der Waals surface area contributed by atoms with Gasteiger partial charge in [-0.2, -0.15) is 5.26 Å². The number of hydrogen-bond acceptors (Lipinski definition) is 3. The number of anilines is 2. The van der Waals surface area contributed by atoms with Crippen LogP contribution in [0, 0.1) is 24.1 Å². The van der Waals surface area contributed by atoms with E-state index in [1.165, 1.54) is 12.1 Å². The zero-order valence-electron chi connectivity index (χ0n) is 11.8. The van der Waals surface area contributed by atoms with Crippen molar-refractivity contribution in [1.29, 1.82) is 5.26 Å². The van der Waals surface area contributed by atoms with Gasteiger partial charge in [0.15, 0.2) is 0 Å². The minimum Gasteiger partial charge on any atom is -0.375 e. The number of benzene rings is 2. The molecular weight excluding hydrogens is 349 g/mol. The van der Waals surface area contributed by atoms with Crippen molar-refractivity contribution in [2.24, 2.45) is 0 Å². The average molecular weight is 362 g/mol. The van der Waals surface area contributed by atoms with Crippen LogP contribution in [0.2, 0.25) is 0 Å². The van der Waals surface area contributed by atoms with E-state index < -0.39 is 5.82 Å². The highest BCUT2D eigenvalue weighted by molar-refractivity contribution is 9.10. The van der Waals surface area contributed by atoms with E-state index in [4.69, 9.17) is 5.26 Å². The molecule has 0 aliphatic carbocycles. The lowest BCUT2D eigenvalue weighted by atomic mass is 10.2. The minimum atomic E-state index is -0.614. The molecule has 0 saturated heterocycles. The third-order valence-corrected chi connectivity index (χ3v) is 3.52. The Bertz CT molecular complexity index is 756. The van der Waals surface area contributed by atoms with Crippen LogP contribution in [0.25, 0.3) is 0 Å². The minimum absolute atomic E-state index is 0.0619. The third-order valence-electron chi connectivity index (χ3n) is 3.03. The predicted molar refractivity (Wildman–Crippen MR) is 87.1 cm³/mol. The Kier molecular flexibility index (Phi) is 5.12. The number of nitrogens with one attached hydrogen (secondary N) is 2. The van der Waals surface area contributed by atoms with E-state index in [9.17, 15) is 9.18 Å². The molecule has 2 N–H and O–H groups in total. The number of rotatable bonds is 4. The molecule has 0 fully saturated rings. The first kappa shape index (κ1) is 16.0. The van der Waals surface area contributed by atoms with E-state index in [1.807, 2.05) is 19.1 Å². The van der Waals surface area contributed by atoms with Crippen LogP contribution in [0.5, 0.6) is 0 Å². The molecule has 1 amide bonds. The molecule has 0 radical (unpaired) electrons. The van der Waals surface area contributed by atoms with Gasteiger partial charge in [0.05, 0.1) is 12.2 Å². The van der Waals surface area contributed by atoms with E-state index in [0.29, 0.717) is 11.4 Å². The van der Waals surface area contributed by atoms with E-state index >= 15 is 0 Å². The fourth-order valence-corrected chi connectivity index (χ4v) is 2.40. The molecule has 0 unspecified atom stereocenters. The summed E-state index contributed by atoms with van der Waals surface area (Å²) in [6.07, 6.45) is 0. The van der Waals surface area contributed by atoms with E-state index in [-0.39, 0.29) is 18.0 Å². The number of hydrogen-bond donors (Lipinski definition) is 2. The summed E-state index contributed by atoms with van der Waals surface area (Å²) in [4.78, 5) is 11.9. The van der Waals surface area contributed by atoms with Crippen molar-refractivity contribution in [3.63, 3.8) is 0 Å². The van der Waals surface area contributed by atoms with Gasteiger partial charge >= 0.3 is 0 Å². The highest BCUT2D eigenvalue weighted by atomic mass is 79.9. The van der Waals surface area contributed by atoms with Gasteiger partial charge in [0.1, 0.15) is 17.4 Å². The Labute approximate surface area is 136 Å². The van der Waals surface area contributed by atoms with Gasteiger partial charge in [-0.15, -0.1) is 0 Å². The quantitative estimate of drug-likeness (QED) is 0.869. The van der Waals surface area contributed by atoms with Crippen molar-refractivity contribution in [1.82, 2.24) is 0 Å². The second-order valence-electron chi connectivity index (χ2n) is 4.64. The second kappa shape index (κ2) is 7.05. The first-order valence-electron chi connectivity index (χ1n) is 6.49. The number of carbonyl (C=O) groups is 1. The summed E-state index contributed by atoms with van der Waals surface area (Å²) in [7, 11) is 0. The normalized spacial score (nSPS) is 9.91. The molecule has 2 rings (SSSR count). The summed E-state index contributed by atoms with van der Waals surface area (Å²) in [5.74, 6) is -0.893. The first-order valence-corrected chi connectivity index (χ1v) is 7.29. The molecule has 0 spiro atoms. The first-order chi connectivity index (χ1) is 10.5. The predicted octanol–water partition coefficient (Wildman–Crippen LogP) is 3.82. The lowest BCUT2D eigenvalue weighted by Gasteiger charge is -2.11. The summed E-state index contributed by atoms with van der Waals surface area (Å²) in [6, 6.07) is 11.5. The number of halogens is 2. The maximum Gasteiger partial charge on any atom is 0.243 e. The molecule has 4 nitrogen and oxygen atoms in total. The molecule has 22 heavy (non-hydrogen) atoms. The van der Waals surface area contributed by atoms with Gasteiger partial charge in [-0.3, -0.25) is 4.79 Å². The molecule has 0 aliphatic rings. The van der Waals surface area contributed by atoms with Gasteiger partial charge in [0.25, 0.3) is 0 Å². The van der Waals surface area contributed by atoms with E-state index in [0.717, 1.165) is 10.0 Å². The summed E-state index contributed by atoms with van der Waals surface area (Å²) in [5, 5.41) is 14.5. The number of nitrogens with zero attached hydrogens (tertiary/aromatic N) is 1. The molecule has 6 heteroatoms. The maximum atomic E-state index is 13.4. The average Bonchev–Trinajstić information content (AvgIpc) is 2.48. The fourth-order valence-electron chi connectivity index (χ4n) is 1.92. The van der Waals surface area contributed by atoms with Gasteiger partial charge in [-0.05, 0) is 42.8 Å². The Balaban J connectivity index is 2.02. The monoisotopic (exact) mass is 361 g/mol. The Morgan fingerprint density at radius 3 is 2.77 bits per heavy atom. The van der Waals surface area contributed by atoms with E-state index in [1.54, 1.807) is 18.2 Å². The Hall–Kier alpha value is -2.39. The smallest absolute Gasteiger partial charge is 0.243 e. The molecule has 0 aliphatic heterocycles. The molecule has 2 aromatic carbocycles. The van der Waals surface area contributed by atoms with Crippen LogP contribution in [-0.4, -0.2) is 12.5 Å². The van der Waals surface area contributed by atoms with Crippen LogP contribution in [0.15, 0.2) is 40.9 Å². The van der Waals surface area contributed by atoms with Crippen LogP contribution in [0.1, 0.15) is 11.1 Å². The van der Waals surface area contributed by atoms with Crippen molar-refractivity contribution in [3.8, 4) is 6.07 Å². The number of amides is 1. The van der Waals surface area contributed by atoms with Crippen molar-refractivity contribution < 1.29 is 9.18 Å². The molecule has 0 bridgehead atoms. The van der Waals surface area contributed by atoms with Gasteiger partial charge in [0, 0.05) is 10.2 Å². The zero-order chi connectivity index (χ0) is 16.1. The van der Waals surface area contributed by atoms with Crippen molar-refractivity contribution in [3.05, 3.63) is 57.8 Å². The lowest BCUT2D eigenvalue weighted by Crippen LogP contribution is -2.22. The molecule has 2 aromatic rings. The zero-order valence-corrected chi connectivity index (χ0v) is 13.4. The Morgan fingerprint density at radius 1 is 1.32 bits per heavy atom. The number of nitriles is 1. The van der Waals surface area contributed by atoms with Gasteiger partial charge < -0.3 is 10.6 Å². The van der Waals surface area contributed by atoms with Crippen LogP contribution in [0.3, 0.4) is 0 Å². The van der Waals surface area contributed by atoms with Gasteiger partial charge in [0.2, 0.25) is 5.91 Å². The number of aryl methyl sites for hydroxylation is 1. The van der Waals surface area contributed by atoms with Crippen LogP contribution in [0.4, 0.5) is 15.8 Å². The van der Waals surface area contributed by atoms with Crippen molar-refractivity contribution in [2.75, 3.05) is 17.2 Å². The molecule has 112 valence electrons. The van der Waals surface area contributed by atoms with Crippen molar-refractivity contribution in [2.45, 2.75) is 6.92 Å². The van der Waals surface area contributed by atoms with Gasteiger partial charge in [-0.1, -0.05) is 22.0 Å². The van der Waals surface area contributed by atoms with Crippen LogP contribution >= 0.6 is 15.9 Å². The summed E-state index contributed by atoms with van der Waals surface area (Å²) in [5.41, 5.74) is 1.82. The van der Waals surface area contributed by atoms with Gasteiger partial charge in [-0.25, -0.2) is 4.39 Å². The summed E-state index contributed by atoms with van der Waals surface area (Å²) < 4.78 is 14.4. The molecule has 0 heterocycles. The molecule has 0 aromatic heterocycles. The third kappa shape index (κ3) is 3.83. The van der Waals surface area contributed by atoms with Crippen molar-refractivity contribution >= 4 is 33.2 Å². The maximum absolute atomic E-state index is 13.4. The molecule has 0 atom stereocenters. The standard InChI is InChI=1S/C16H13BrFN3O/c1-10-7-11(17)5-6-14(10)21-16(22)9-20-15-4-2-3-13(18)12(15)8-19/h2-7,20H,9H2,1H3,(H,21,22). The SMILES string of the molecule is Cc1cc(Br)ccc1NC(=O)CNc1cccc(F)c1C#N. The lowest BCUT2D eigenvalue weighted by molar-refractivity contribution is -0.114. The summed E-state index contributed by atoms with van der Waals surface area (Å²) in [6.45, 7) is 1.82. The number of carbonyl (C=O) groups excluding carboxylic acids is 1. The highest BCUT2D eigenvalue weighted by Gasteiger charge is 2.09. The molecular formula is C16H13BrFN3O. The molecule has 0 saturated carbocycles.